The lowest BCUT2D eigenvalue weighted by molar-refractivity contribution is -0.159. The number of benzene rings is 2. The number of amides is 1. The molecule has 0 unspecified atom stereocenters. The van der Waals surface area contributed by atoms with Gasteiger partial charge in [0.1, 0.15) is 24.1 Å². The number of hydrogen-bond donors (Lipinski definition) is 7. The molecular weight excluding hydrogens is 710 g/mol. The van der Waals surface area contributed by atoms with E-state index in [9.17, 15) is 25.2 Å². The Hall–Kier alpha value is -2.82. The van der Waals surface area contributed by atoms with Gasteiger partial charge >= 0.3 is 0 Å². The third kappa shape index (κ3) is 10.9. The molecule has 4 atom stereocenters. The summed E-state index contributed by atoms with van der Waals surface area (Å²) in [5, 5.41) is 62.8. The standard InChI is InChI=1S/C38H50ClN3O9S/c39-31-10-9-27(52-20-4-3-15-42(16-18-50-19-17-43)37(49)36(48)35(47)34(46)32(45)24-44)21-25(31)22-41-38(12-13-38)30-23-40-14-11-28(30)29-5-1-2-6-33(29)51-26-7-8-26/h1-2,5-6,9-11,14,21,23,26,32,34-36,41,43-48H,3-4,7-8,12-13,15-20,22,24H2/t32-,34+,35-,36-/m0/s1. The first-order valence-electron chi connectivity index (χ1n) is 17.8. The van der Waals surface area contributed by atoms with Crippen LogP contribution in [0.2, 0.25) is 5.02 Å². The number of pyridine rings is 1. The number of halogens is 1. The van der Waals surface area contributed by atoms with E-state index in [0.29, 0.717) is 24.1 Å². The van der Waals surface area contributed by atoms with Crippen LogP contribution in [-0.4, -0.2) is 122 Å². The van der Waals surface area contributed by atoms with Crippen molar-refractivity contribution < 1.29 is 44.9 Å². The lowest BCUT2D eigenvalue weighted by Crippen LogP contribution is -2.53. The zero-order chi connectivity index (χ0) is 37.1. The quantitative estimate of drug-likeness (QED) is 0.0555. The Kier molecular flexibility index (Phi) is 15.1. The van der Waals surface area contributed by atoms with Crippen LogP contribution in [0.3, 0.4) is 0 Å². The molecule has 5 rings (SSSR count). The van der Waals surface area contributed by atoms with Crippen molar-refractivity contribution in [1.29, 1.82) is 0 Å². The van der Waals surface area contributed by atoms with Gasteiger partial charge in [0.2, 0.25) is 0 Å². The maximum atomic E-state index is 13.0. The molecule has 1 heterocycles. The molecular formula is C38H50ClN3O9S. The summed E-state index contributed by atoms with van der Waals surface area (Å²) in [7, 11) is 0. The average Bonchev–Trinajstić information content (AvgIpc) is 4.12. The highest BCUT2D eigenvalue weighted by molar-refractivity contribution is 7.99. The number of para-hydroxylation sites is 1. The summed E-state index contributed by atoms with van der Waals surface area (Å²) in [6.07, 6.45) is 1.90. The predicted octanol–water partition coefficient (Wildman–Crippen LogP) is 2.87. The molecule has 0 radical (unpaired) electrons. The van der Waals surface area contributed by atoms with E-state index < -0.39 is 36.9 Å². The van der Waals surface area contributed by atoms with E-state index in [4.69, 9.17) is 31.3 Å². The molecule has 284 valence electrons. The first kappa shape index (κ1) is 40.4. The van der Waals surface area contributed by atoms with E-state index in [-0.39, 0.29) is 38.4 Å². The molecule has 14 heteroatoms. The molecule has 1 aromatic heterocycles. The number of hydrogen-bond acceptors (Lipinski definition) is 12. The molecule has 2 saturated carbocycles. The number of nitrogens with zero attached hydrogens (tertiary/aromatic N) is 2. The molecule has 3 aromatic rings. The molecule has 2 fully saturated rings. The topological polar surface area (TPSA) is 185 Å². The number of nitrogens with one attached hydrogen (secondary N) is 1. The highest BCUT2D eigenvalue weighted by atomic mass is 35.5. The van der Waals surface area contributed by atoms with Crippen molar-refractivity contribution in [2.75, 3.05) is 45.3 Å². The van der Waals surface area contributed by atoms with Gasteiger partial charge in [-0.15, -0.1) is 11.8 Å². The Labute approximate surface area is 313 Å². The monoisotopic (exact) mass is 759 g/mol. The second-order valence-corrected chi connectivity index (χ2v) is 14.9. The number of aliphatic hydroxyl groups is 6. The van der Waals surface area contributed by atoms with Gasteiger partial charge in [0.05, 0.1) is 32.5 Å². The van der Waals surface area contributed by atoms with Crippen molar-refractivity contribution >= 4 is 29.3 Å². The first-order chi connectivity index (χ1) is 25.2. The normalized spacial score (nSPS) is 17.3. The average molecular weight is 760 g/mol. The van der Waals surface area contributed by atoms with Crippen LogP contribution in [0.1, 0.15) is 49.7 Å². The number of carbonyl (C=O) groups is 1. The lowest BCUT2D eigenvalue weighted by atomic mass is 9.94. The third-order valence-electron chi connectivity index (χ3n) is 9.37. The summed E-state index contributed by atoms with van der Waals surface area (Å²) < 4.78 is 11.5. The minimum atomic E-state index is -2.01. The van der Waals surface area contributed by atoms with Crippen molar-refractivity contribution in [3.63, 3.8) is 0 Å². The van der Waals surface area contributed by atoms with E-state index in [2.05, 4.69) is 28.5 Å². The zero-order valence-electron chi connectivity index (χ0n) is 29.1. The molecule has 12 nitrogen and oxygen atoms in total. The Morgan fingerprint density at radius 1 is 1.00 bits per heavy atom. The number of rotatable bonds is 23. The number of aliphatic hydroxyl groups excluding tert-OH is 6. The van der Waals surface area contributed by atoms with E-state index in [0.717, 1.165) is 70.8 Å². The van der Waals surface area contributed by atoms with Crippen LogP contribution in [-0.2, 0) is 21.6 Å². The predicted molar refractivity (Wildman–Crippen MR) is 198 cm³/mol. The fourth-order valence-corrected chi connectivity index (χ4v) is 7.16. The van der Waals surface area contributed by atoms with Crippen LogP contribution in [0.25, 0.3) is 11.1 Å². The molecule has 2 aliphatic rings. The molecule has 0 bridgehead atoms. The van der Waals surface area contributed by atoms with Gasteiger partial charge in [-0.25, -0.2) is 0 Å². The smallest absolute Gasteiger partial charge is 0.254 e. The van der Waals surface area contributed by atoms with Crippen LogP contribution in [0.15, 0.2) is 65.8 Å². The van der Waals surface area contributed by atoms with Gasteiger partial charge in [0.15, 0.2) is 6.10 Å². The summed E-state index contributed by atoms with van der Waals surface area (Å²) in [5.74, 6) is 0.808. The molecule has 1 amide bonds. The van der Waals surface area contributed by atoms with Crippen LogP contribution < -0.4 is 10.1 Å². The van der Waals surface area contributed by atoms with E-state index >= 15 is 0 Å². The van der Waals surface area contributed by atoms with Crippen molar-refractivity contribution in [3.05, 3.63) is 77.1 Å². The molecule has 0 saturated heterocycles. The van der Waals surface area contributed by atoms with Crippen LogP contribution in [0.4, 0.5) is 0 Å². The summed E-state index contributed by atoms with van der Waals surface area (Å²) in [4.78, 5) is 19.9. The molecule has 52 heavy (non-hydrogen) atoms. The van der Waals surface area contributed by atoms with Gasteiger partial charge in [-0.1, -0.05) is 29.8 Å². The summed E-state index contributed by atoms with van der Waals surface area (Å²) in [5.41, 5.74) is 4.12. The number of carbonyl (C=O) groups excluding carboxylic acids is 1. The van der Waals surface area contributed by atoms with E-state index in [1.165, 1.54) is 4.90 Å². The second kappa shape index (κ2) is 19.5. The maximum absolute atomic E-state index is 13.0. The summed E-state index contributed by atoms with van der Waals surface area (Å²) in [6, 6.07) is 16.2. The Balaban J connectivity index is 1.15. The fraction of sp³-hybridized carbons (Fsp3) is 0.526. The highest BCUT2D eigenvalue weighted by Gasteiger charge is 2.46. The van der Waals surface area contributed by atoms with Crippen LogP contribution in [0.5, 0.6) is 5.75 Å². The van der Waals surface area contributed by atoms with Gasteiger partial charge < -0.3 is 50.3 Å². The first-order valence-corrected chi connectivity index (χ1v) is 19.2. The molecule has 0 aliphatic heterocycles. The minimum Gasteiger partial charge on any atom is -0.490 e. The number of unbranched alkanes of at least 4 members (excludes halogenated alkanes) is 1. The van der Waals surface area contributed by atoms with Gasteiger partial charge in [-0.2, -0.15) is 0 Å². The van der Waals surface area contributed by atoms with Gasteiger partial charge in [0, 0.05) is 53.0 Å². The SMILES string of the molecule is O=C([C@@H](O)[C@@H](O)[C@H](O)[C@@H](O)CO)N(CCCCSc1ccc(Cl)c(CNC2(c3cnccc3-c3ccccc3OC3CC3)CC2)c1)CCOCCO. The summed E-state index contributed by atoms with van der Waals surface area (Å²) >= 11 is 8.34. The summed E-state index contributed by atoms with van der Waals surface area (Å²) in [6.45, 7) is 0.0616. The van der Waals surface area contributed by atoms with Gasteiger partial charge in [0.25, 0.3) is 5.91 Å². The highest BCUT2D eigenvalue weighted by Crippen LogP contribution is 2.50. The van der Waals surface area contributed by atoms with E-state index in [1.54, 1.807) is 11.8 Å². The molecule has 7 N–H and O–H groups in total. The minimum absolute atomic E-state index is 0.0830. The van der Waals surface area contributed by atoms with Crippen molar-refractivity contribution in [1.82, 2.24) is 15.2 Å². The Morgan fingerprint density at radius 2 is 1.79 bits per heavy atom. The second-order valence-electron chi connectivity index (χ2n) is 13.3. The molecule has 2 aliphatic carbocycles. The largest absolute Gasteiger partial charge is 0.490 e. The third-order valence-corrected chi connectivity index (χ3v) is 10.8. The zero-order valence-corrected chi connectivity index (χ0v) is 30.7. The van der Waals surface area contributed by atoms with Gasteiger partial charge in [-0.3, -0.25) is 9.78 Å². The number of thioether (sulfide) groups is 1. The van der Waals surface area contributed by atoms with Crippen molar-refractivity contribution in [2.45, 2.75) is 86.0 Å². The van der Waals surface area contributed by atoms with Crippen LogP contribution in [0, 0.1) is 0 Å². The van der Waals surface area contributed by atoms with Gasteiger partial charge in [-0.05, 0) is 91.3 Å². The lowest BCUT2D eigenvalue weighted by Gasteiger charge is -2.30. The van der Waals surface area contributed by atoms with Crippen LogP contribution >= 0.6 is 23.4 Å². The number of ether oxygens (including phenoxy) is 2. The fourth-order valence-electron chi connectivity index (χ4n) is 6.00. The Morgan fingerprint density at radius 3 is 2.52 bits per heavy atom. The van der Waals surface area contributed by atoms with Crippen molar-refractivity contribution in [3.8, 4) is 16.9 Å². The van der Waals surface area contributed by atoms with Crippen molar-refractivity contribution in [2.24, 2.45) is 0 Å². The van der Waals surface area contributed by atoms with E-state index in [1.807, 2.05) is 42.7 Å². The molecule has 2 aromatic carbocycles. The molecule has 0 spiro atoms. The number of aromatic nitrogens is 1. The Bertz CT molecular complexity index is 1590. The maximum Gasteiger partial charge on any atom is 0.254 e.